The number of likely N-dealkylation sites (tertiary alicyclic amines) is 1. The minimum atomic E-state index is -1.03. The highest BCUT2D eigenvalue weighted by Gasteiger charge is 2.41. The van der Waals surface area contributed by atoms with Gasteiger partial charge in [-0.15, -0.1) is 0 Å². The van der Waals surface area contributed by atoms with Crippen molar-refractivity contribution in [3.63, 3.8) is 0 Å². The van der Waals surface area contributed by atoms with E-state index in [4.69, 9.17) is 16.3 Å². The number of carbonyl (C=O) groups is 1. The third-order valence-electron chi connectivity index (χ3n) is 3.99. The molecule has 0 radical (unpaired) electrons. The zero-order chi connectivity index (χ0) is 17.4. The van der Waals surface area contributed by atoms with Gasteiger partial charge in [0.25, 0.3) is 0 Å². The predicted octanol–water partition coefficient (Wildman–Crippen LogP) is 4.71. The van der Waals surface area contributed by atoms with E-state index in [1.165, 1.54) is 0 Å². The van der Waals surface area contributed by atoms with Gasteiger partial charge < -0.3 is 14.7 Å². The summed E-state index contributed by atoms with van der Waals surface area (Å²) >= 11 is 9.66. The van der Waals surface area contributed by atoms with Crippen molar-refractivity contribution in [1.82, 2.24) is 4.90 Å². The summed E-state index contributed by atoms with van der Waals surface area (Å²) in [6, 6.07) is 5.34. The topological polar surface area (TPSA) is 49.8 Å². The third kappa shape index (κ3) is 4.40. The molecular weight excluding hydrogens is 382 g/mol. The lowest BCUT2D eigenvalue weighted by atomic mass is 9.81. The summed E-state index contributed by atoms with van der Waals surface area (Å²) < 4.78 is 6.30. The molecule has 1 heterocycles. The van der Waals surface area contributed by atoms with Crippen LogP contribution in [0.1, 0.15) is 46.1 Å². The maximum absolute atomic E-state index is 12.3. The summed E-state index contributed by atoms with van der Waals surface area (Å²) in [5.74, 6) is 0. The van der Waals surface area contributed by atoms with Gasteiger partial charge in [0.15, 0.2) is 0 Å². The number of halogens is 2. The smallest absolute Gasteiger partial charge is 0.410 e. The summed E-state index contributed by atoms with van der Waals surface area (Å²) in [6.07, 6.45) is 0.514. The fraction of sp³-hybridized carbons (Fsp3) is 0.588. The molecule has 0 aromatic heterocycles. The molecule has 23 heavy (non-hydrogen) atoms. The van der Waals surface area contributed by atoms with Crippen LogP contribution < -0.4 is 0 Å². The number of hydrogen-bond donors (Lipinski definition) is 1. The van der Waals surface area contributed by atoms with E-state index in [9.17, 15) is 9.90 Å². The number of ether oxygens (including phenoxy) is 1. The summed E-state index contributed by atoms with van der Waals surface area (Å²) in [4.78, 5) is 13.9. The van der Waals surface area contributed by atoms with Crippen molar-refractivity contribution in [2.75, 3.05) is 6.54 Å². The lowest BCUT2D eigenvalue weighted by Crippen LogP contribution is -2.51. The van der Waals surface area contributed by atoms with E-state index in [2.05, 4.69) is 15.9 Å². The first kappa shape index (κ1) is 18.6. The van der Waals surface area contributed by atoms with Gasteiger partial charge in [-0.1, -0.05) is 33.6 Å². The summed E-state index contributed by atoms with van der Waals surface area (Å²) in [6.45, 7) is 7.88. The van der Waals surface area contributed by atoms with E-state index in [1.807, 2.05) is 39.8 Å². The Bertz CT molecular complexity index is 602. The molecule has 1 aromatic rings. The molecule has 2 unspecified atom stereocenters. The quantitative estimate of drug-likeness (QED) is 0.737. The van der Waals surface area contributed by atoms with Crippen molar-refractivity contribution in [1.29, 1.82) is 0 Å². The highest BCUT2D eigenvalue weighted by atomic mass is 79.9. The van der Waals surface area contributed by atoms with Crippen molar-refractivity contribution in [3.05, 3.63) is 33.3 Å². The first-order valence-corrected chi connectivity index (χ1v) is 8.86. The number of amides is 1. The lowest BCUT2D eigenvalue weighted by Gasteiger charge is -2.43. The highest BCUT2D eigenvalue weighted by Crippen LogP contribution is 2.40. The molecule has 1 amide bonds. The van der Waals surface area contributed by atoms with E-state index in [0.717, 1.165) is 4.47 Å². The van der Waals surface area contributed by atoms with Crippen molar-refractivity contribution >= 4 is 33.6 Å². The van der Waals surface area contributed by atoms with E-state index in [0.29, 0.717) is 30.0 Å². The van der Waals surface area contributed by atoms with Crippen molar-refractivity contribution < 1.29 is 14.6 Å². The van der Waals surface area contributed by atoms with Crippen LogP contribution in [0.3, 0.4) is 0 Å². The molecule has 1 aromatic carbocycles. The van der Waals surface area contributed by atoms with Gasteiger partial charge in [0.05, 0.1) is 5.60 Å². The molecule has 6 heteroatoms. The Labute approximate surface area is 150 Å². The van der Waals surface area contributed by atoms with E-state index in [-0.39, 0.29) is 12.1 Å². The molecule has 1 saturated heterocycles. The molecule has 0 bridgehead atoms. The van der Waals surface area contributed by atoms with Crippen LogP contribution in [0.5, 0.6) is 0 Å². The normalized spacial score (nSPS) is 25.3. The fourth-order valence-electron chi connectivity index (χ4n) is 2.93. The fourth-order valence-corrected chi connectivity index (χ4v) is 3.78. The predicted molar refractivity (Wildman–Crippen MR) is 94.7 cm³/mol. The number of benzene rings is 1. The maximum atomic E-state index is 12.3. The summed E-state index contributed by atoms with van der Waals surface area (Å²) in [5, 5.41) is 11.6. The average molecular weight is 405 g/mol. The number of rotatable bonds is 1. The van der Waals surface area contributed by atoms with Crippen LogP contribution in [0.4, 0.5) is 4.79 Å². The SMILES string of the molecule is CC1CC(O)(c2ccc(Br)cc2Cl)CCN1C(=O)OC(C)(C)C. The zero-order valence-electron chi connectivity index (χ0n) is 13.9. The Morgan fingerprint density at radius 3 is 2.65 bits per heavy atom. The van der Waals surface area contributed by atoms with Crippen molar-refractivity contribution in [3.8, 4) is 0 Å². The van der Waals surface area contributed by atoms with Crippen LogP contribution in [0, 0.1) is 0 Å². The van der Waals surface area contributed by atoms with Crippen LogP contribution in [0.2, 0.25) is 5.02 Å². The second-order valence-electron chi connectivity index (χ2n) is 7.13. The van der Waals surface area contributed by atoms with Crippen LogP contribution in [-0.2, 0) is 10.3 Å². The molecule has 2 atom stereocenters. The minimum Gasteiger partial charge on any atom is -0.444 e. The molecule has 1 N–H and O–H groups in total. The molecule has 1 fully saturated rings. The van der Waals surface area contributed by atoms with Gasteiger partial charge >= 0.3 is 6.09 Å². The molecule has 1 aliphatic heterocycles. The lowest BCUT2D eigenvalue weighted by molar-refractivity contribution is -0.0545. The molecule has 1 aliphatic rings. The van der Waals surface area contributed by atoms with Gasteiger partial charge in [0, 0.05) is 34.1 Å². The molecule has 0 spiro atoms. The van der Waals surface area contributed by atoms with Gasteiger partial charge in [-0.3, -0.25) is 0 Å². The monoisotopic (exact) mass is 403 g/mol. The largest absolute Gasteiger partial charge is 0.444 e. The standard InChI is InChI=1S/C17H23BrClNO3/c1-11-10-17(22,13-6-5-12(18)9-14(13)19)7-8-20(11)15(21)23-16(2,3)4/h5-6,9,11,22H,7-8,10H2,1-4H3. The zero-order valence-corrected chi connectivity index (χ0v) is 16.2. The van der Waals surface area contributed by atoms with Crippen molar-refractivity contribution in [2.45, 2.75) is 57.8 Å². The Morgan fingerprint density at radius 2 is 2.13 bits per heavy atom. The van der Waals surface area contributed by atoms with Crippen molar-refractivity contribution in [2.24, 2.45) is 0 Å². The number of carbonyl (C=O) groups excluding carboxylic acids is 1. The van der Waals surface area contributed by atoms with Crippen LogP contribution in [0.15, 0.2) is 22.7 Å². The van der Waals surface area contributed by atoms with Gasteiger partial charge in [0.2, 0.25) is 0 Å². The summed E-state index contributed by atoms with van der Waals surface area (Å²) in [7, 11) is 0. The third-order valence-corrected chi connectivity index (χ3v) is 4.80. The Hall–Kier alpha value is -0.780. The Kier molecular flexibility index (Phi) is 5.34. The number of aliphatic hydroxyl groups is 1. The molecule has 0 aliphatic carbocycles. The first-order chi connectivity index (χ1) is 10.5. The number of piperidine rings is 1. The second kappa shape index (κ2) is 6.61. The molecular formula is C17H23BrClNO3. The number of hydrogen-bond acceptors (Lipinski definition) is 3. The van der Waals surface area contributed by atoms with E-state index < -0.39 is 11.2 Å². The highest BCUT2D eigenvalue weighted by molar-refractivity contribution is 9.10. The summed E-state index contributed by atoms with van der Waals surface area (Å²) in [5.41, 5.74) is -0.854. The van der Waals surface area contributed by atoms with Crippen LogP contribution in [0.25, 0.3) is 0 Å². The average Bonchev–Trinajstić information content (AvgIpc) is 2.35. The van der Waals surface area contributed by atoms with Crippen LogP contribution in [-0.4, -0.2) is 34.3 Å². The molecule has 128 valence electrons. The Morgan fingerprint density at radius 1 is 1.48 bits per heavy atom. The minimum absolute atomic E-state index is 0.136. The molecule has 0 saturated carbocycles. The maximum Gasteiger partial charge on any atom is 0.410 e. The van der Waals surface area contributed by atoms with Crippen LogP contribution >= 0.6 is 27.5 Å². The van der Waals surface area contributed by atoms with Gasteiger partial charge in [0.1, 0.15) is 5.60 Å². The first-order valence-electron chi connectivity index (χ1n) is 7.69. The van der Waals surface area contributed by atoms with E-state index in [1.54, 1.807) is 11.0 Å². The molecule has 2 rings (SSSR count). The molecule has 4 nitrogen and oxygen atoms in total. The van der Waals surface area contributed by atoms with Gasteiger partial charge in [-0.2, -0.15) is 0 Å². The van der Waals surface area contributed by atoms with Gasteiger partial charge in [-0.25, -0.2) is 4.79 Å². The Balaban J connectivity index is 2.15. The second-order valence-corrected chi connectivity index (χ2v) is 8.46. The van der Waals surface area contributed by atoms with Gasteiger partial charge in [-0.05, 0) is 46.2 Å². The van der Waals surface area contributed by atoms with E-state index >= 15 is 0 Å². The number of nitrogens with zero attached hydrogens (tertiary/aromatic N) is 1.